The van der Waals surface area contributed by atoms with Crippen molar-refractivity contribution in [2.75, 3.05) is 0 Å². The van der Waals surface area contributed by atoms with E-state index in [9.17, 15) is 9.59 Å². The SMILES string of the molecule is CCCCCCCCCCCCCCCCCCC(=O)NC(C)C(=O)O. The summed E-state index contributed by atoms with van der Waals surface area (Å²) in [7, 11) is 0. The van der Waals surface area contributed by atoms with Crippen molar-refractivity contribution in [3.05, 3.63) is 0 Å². The van der Waals surface area contributed by atoms with Gasteiger partial charge in [0.25, 0.3) is 0 Å². The van der Waals surface area contributed by atoms with Crippen molar-refractivity contribution >= 4 is 11.9 Å². The fraction of sp³-hybridized carbons (Fsp3) is 0.909. The van der Waals surface area contributed by atoms with Crippen LogP contribution in [0.25, 0.3) is 0 Å². The molecule has 154 valence electrons. The Morgan fingerprint density at radius 3 is 1.38 bits per heavy atom. The molecule has 2 N–H and O–H groups in total. The molecule has 0 aliphatic heterocycles. The summed E-state index contributed by atoms with van der Waals surface area (Å²) >= 11 is 0. The molecule has 0 bridgehead atoms. The van der Waals surface area contributed by atoms with Crippen LogP contribution in [-0.2, 0) is 9.59 Å². The molecular weight excluding hydrogens is 326 g/mol. The summed E-state index contributed by atoms with van der Waals surface area (Å²) in [6.07, 6.45) is 21.4. The number of nitrogens with one attached hydrogen (secondary N) is 1. The first-order valence-electron chi connectivity index (χ1n) is 11.1. The maximum absolute atomic E-state index is 11.5. The summed E-state index contributed by atoms with van der Waals surface area (Å²) in [6.45, 7) is 3.76. The number of hydrogen-bond donors (Lipinski definition) is 2. The van der Waals surface area contributed by atoms with Crippen LogP contribution in [0.3, 0.4) is 0 Å². The van der Waals surface area contributed by atoms with E-state index in [2.05, 4.69) is 12.2 Å². The molecule has 0 aromatic rings. The van der Waals surface area contributed by atoms with Crippen LogP contribution >= 0.6 is 0 Å². The lowest BCUT2D eigenvalue weighted by atomic mass is 10.0. The van der Waals surface area contributed by atoms with Gasteiger partial charge in [0.15, 0.2) is 0 Å². The van der Waals surface area contributed by atoms with E-state index in [4.69, 9.17) is 5.11 Å². The van der Waals surface area contributed by atoms with E-state index in [0.29, 0.717) is 6.42 Å². The molecule has 0 aliphatic rings. The molecule has 0 aliphatic carbocycles. The van der Waals surface area contributed by atoms with Gasteiger partial charge in [-0.1, -0.05) is 103 Å². The second-order valence-corrected chi connectivity index (χ2v) is 7.68. The highest BCUT2D eigenvalue weighted by atomic mass is 16.4. The molecule has 1 unspecified atom stereocenters. The number of carboxylic acid groups (broad SMARTS) is 1. The first kappa shape index (κ1) is 24.9. The largest absolute Gasteiger partial charge is 0.480 e. The van der Waals surface area contributed by atoms with Crippen molar-refractivity contribution in [1.82, 2.24) is 5.32 Å². The maximum Gasteiger partial charge on any atom is 0.325 e. The molecule has 0 fully saturated rings. The standard InChI is InChI=1S/C22H43NO3/c1-3-4-5-6-7-8-9-10-11-12-13-14-15-16-17-18-19-21(24)23-20(2)22(25)26/h20H,3-19H2,1-2H3,(H,23,24)(H,25,26). The number of carbonyl (C=O) groups is 2. The fourth-order valence-corrected chi connectivity index (χ4v) is 3.21. The van der Waals surface area contributed by atoms with Crippen LogP contribution in [0.4, 0.5) is 0 Å². The monoisotopic (exact) mass is 369 g/mol. The highest BCUT2D eigenvalue weighted by molar-refractivity contribution is 5.83. The van der Waals surface area contributed by atoms with Crippen LogP contribution in [0.2, 0.25) is 0 Å². The lowest BCUT2D eigenvalue weighted by molar-refractivity contribution is -0.141. The second-order valence-electron chi connectivity index (χ2n) is 7.68. The number of carboxylic acids is 1. The Balaban J connectivity index is 3.18. The molecule has 0 heterocycles. The third-order valence-corrected chi connectivity index (χ3v) is 5.01. The van der Waals surface area contributed by atoms with E-state index in [1.54, 1.807) is 0 Å². The molecule has 0 aromatic carbocycles. The van der Waals surface area contributed by atoms with Gasteiger partial charge < -0.3 is 10.4 Å². The van der Waals surface area contributed by atoms with Crippen LogP contribution in [0.15, 0.2) is 0 Å². The molecule has 0 aromatic heterocycles. The molecule has 26 heavy (non-hydrogen) atoms. The minimum absolute atomic E-state index is 0.148. The van der Waals surface area contributed by atoms with E-state index in [1.165, 1.54) is 96.8 Å². The summed E-state index contributed by atoms with van der Waals surface area (Å²) in [5.74, 6) is -1.13. The summed E-state index contributed by atoms with van der Waals surface area (Å²) in [4.78, 5) is 22.2. The molecule has 1 amide bonds. The maximum atomic E-state index is 11.5. The van der Waals surface area contributed by atoms with E-state index < -0.39 is 12.0 Å². The van der Waals surface area contributed by atoms with Gasteiger partial charge in [-0.3, -0.25) is 9.59 Å². The highest BCUT2D eigenvalue weighted by Gasteiger charge is 2.12. The quantitative estimate of drug-likeness (QED) is 0.265. The van der Waals surface area contributed by atoms with Gasteiger partial charge in [0.1, 0.15) is 6.04 Å². The molecule has 4 nitrogen and oxygen atoms in total. The van der Waals surface area contributed by atoms with Gasteiger partial charge in [-0.15, -0.1) is 0 Å². The zero-order chi connectivity index (χ0) is 19.5. The number of rotatable bonds is 19. The Kier molecular flexibility index (Phi) is 18.0. The van der Waals surface area contributed by atoms with Gasteiger partial charge in [-0.2, -0.15) is 0 Å². The van der Waals surface area contributed by atoms with Crippen molar-refractivity contribution in [1.29, 1.82) is 0 Å². The molecule has 0 radical (unpaired) electrons. The lowest BCUT2D eigenvalue weighted by Crippen LogP contribution is -2.38. The highest BCUT2D eigenvalue weighted by Crippen LogP contribution is 2.14. The van der Waals surface area contributed by atoms with Crippen LogP contribution < -0.4 is 5.32 Å². The van der Waals surface area contributed by atoms with E-state index >= 15 is 0 Å². The number of carbonyl (C=O) groups excluding carboxylic acids is 1. The summed E-state index contributed by atoms with van der Waals surface area (Å²) < 4.78 is 0. The zero-order valence-corrected chi connectivity index (χ0v) is 17.4. The third-order valence-electron chi connectivity index (χ3n) is 5.01. The Morgan fingerprint density at radius 2 is 1.04 bits per heavy atom. The average molecular weight is 370 g/mol. The Bertz CT molecular complexity index is 344. The first-order chi connectivity index (χ1) is 12.6. The lowest BCUT2D eigenvalue weighted by Gasteiger charge is -2.08. The fourth-order valence-electron chi connectivity index (χ4n) is 3.21. The molecule has 1 atom stereocenters. The van der Waals surface area contributed by atoms with Gasteiger partial charge in [-0.25, -0.2) is 0 Å². The topological polar surface area (TPSA) is 66.4 Å². The average Bonchev–Trinajstić information content (AvgIpc) is 2.61. The van der Waals surface area contributed by atoms with E-state index in [1.807, 2.05) is 0 Å². The van der Waals surface area contributed by atoms with Gasteiger partial charge in [0, 0.05) is 6.42 Å². The van der Waals surface area contributed by atoms with Crippen LogP contribution in [0.1, 0.15) is 123 Å². The molecule has 4 heteroatoms. The summed E-state index contributed by atoms with van der Waals surface area (Å²) in [6, 6.07) is -0.788. The first-order valence-corrected chi connectivity index (χ1v) is 11.1. The molecular formula is C22H43NO3. The number of unbranched alkanes of at least 4 members (excludes halogenated alkanes) is 15. The predicted octanol–water partition coefficient (Wildman–Crippen LogP) is 6.23. The Hall–Kier alpha value is -1.06. The van der Waals surface area contributed by atoms with Gasteiger partial charge in [0.05, 0.1) is 0 Å². The van der Waals surface area contributed by atoms with Crippen molar-refractivity contribution in [2.24, 2.45) is 0 Å². The predicted molar refractivity (Wildman–Crippen MR) is 109 cm³/mol. The van der Waals surface area contributed by atoms with Crippen molar-refractivity contribution < 1.29 is 14.7 Å². The van der Waals surface area contributed by atoms with Gasteiger partial charge >= 0.3 is 5.97 Å². The third kappa shape index (κ3) is 17.8. The van der Waals surface area contributed by atoms with Gasteiger partial charge in [0.2, 0.25) is 5.91 Å². The molecule has 0 saturated carbocycles. The molecule has 0 spiro atoms. The summed E-state index contributed by atoms with van der Waals surface area (Å²) in [5.41, 5.74) is 0. The van der Waals surface area contributed by atoms with Crippen LogP contribution in [0.5, 0.6) is 0 Å². The van der Waals surface area contributed by atoms with Crippen molar-refractivity contribution in [2.45, 2.75) is 129 Å². The second kappa shape index (κ2) is 18.7. The van der Waals surface area contributed by atoms with Crippen LogP contribution in [0, 0.1) is 0 Å². The molecule has 0 rings (SSSR count). The normalized spacial score (nSPS) is 12.1. The number of amides is 1. The Labute approximate surface area is 161 Å². The van der Waals surface area contributed by atoms with Gasteiger partial charge in [-0.05, 0) is 13.3 Å². The van der Waals surface area contributed by atoms with Crippen molar-refractivity contribution in [3.63, 3.8) is 0 Å². The van der Waals surface area contributed by atoms with E-state index in [-0.39, 0.29) is 5.91 Å². The van der Waals surface area contributed by atoms with E-state index in [0.717, 1.165) is 12.8 Å². The zero-order valence-electron chi connectivity index (χ0n) is 17.4. The van der Waals surface area contributed by atoms with Crippen LogP contribution in [-0.4, -0.2) is 23.0 Å². The smallest absolute Gasteiger partial charge is 0.325 e. The Morgan fingerprint density at radius 1 is 0.692 bits per heavy atom. The summed E-state index contributed by atoms with van der Waals surface area (Å²) in [5, 5.41) is 11.2. The minimum atomic E-state index is -0.981. The number of aliphatic carboxylic acids is 1. The molecule has 0 saturated heterocycles. The van der Waals surface area contributed by atoms with Crippen molar-refractivity contribution in [3.8, 4) is 0 Å². The number of hydrogen-bond acceptors (Lipinski definition) is 2. The minimum Gasteiger partial charge on any atom is -0.480 e.